The van der Waals surface area contributed by atoms with Crippen molar-refractivity contribution >= 4 is 33.3 Å². The van der Waals surface area contributed by atoms with E-state index in [4.69, 9.17) is 0 Å². The predicted octanol–water partition coefficient (Wildman–Crippen LogP) is 6.94. The highest BCUT2D eigenvalue weighted by Gasteiger charge is 2.45. The van der Waals surface area contributed by atoms with Crippen LogP contribution in [-0.4, -0.2) is 19.1 Å². The van der Waals surface area contributed by atoms with Crippen LogP contribution in [0.5, 0.6) is 0 Å². The zero-order valence-electron chi connectivity index (χ0n) is 22.4. The first kappa shape index (κ1) is 28.7. The van der Waals surface area contributed by atoms with Gasteiger partial charge < -0.3 is 4.55 Å². The lowest BCUT2D eigenvalue weighted by Crippen LogP contribution is -2.34. The molecule has 0 bridgehead atoms. The molecule has 0 radical (unpaired) electrons. The second kappa shape index (κ2) is 13.2. The van der Waals surface area contributed by atoms with Gasteiger partial charge in [0.05, 0.1) is 11.1 Å². The Bertz CT molecular complexity index is 1400. The second-order valence-corrected chi connectivity index (χ2v) is 14.7. The maximum absolute atomic E-state index is 10.4. The number of rotatable bonds is 7. The zero-order chi connectivity index (χ0) is 27.7. The van der Waals surface area contributed by atoms with Crippen molar-refractivity contribution in [3.8, 4) is 0 Å². The minimum atomic E-state index is -4.27. The molecule has 0 aliphatic heterocycles. The smallest absolute Gasteiger partial charge is 0.124 e. The standard InChI is InChI=1S/C27H28P.C7H8O3S/c1-23(24-14-6-2-7-15-24)22-28(25-16-8-3-9-17-25,26-18-10-4-11-19-26)27-20-12-5-13-21-27;1-6-2-4-7(5-3-6)11(8,9)10/h3-5,8-14,16-21H,1-2,6-7,15,22H2;2-5H,1H3,(H,8,9,10)/q+1;/p-1. The summed E-state index contributed by atoms with van der Waals surface area (Å²) < 4.78 is 31.2. The van der Waals surface area contributed by atoms with Crippen LogP contribution >= 0.6 is 7.26 Å². The predicted molar refractivity (Wildman–Crippen MR) is 165 cm³/mol. The molecule has 0 atom stereocenters. The summed E-state index contributed by atoms with van der Waals surface area (Å²) >= 11 is 0. The topological polar surface area (TPSA) is 57.2 Å². The summed E-state index contributed by atoms with van der Waals surface area (Å²) in [4.78, 5) is -0.178. The number of benzene rings is 4. The van der Waals surface area contributed by atoms with E-state index in [1.165, 1.54) is 64.9 Å². The van der Waals surface area contributed by atoms with Crippen LogP contribution in [0.15, 0.2) is 144 Å². The molecule has 0 unspecified atom stereocenters. The highest BCUT2D eigenvalue weighted by Crippen LogP contribution is 2.57. The summed E-state index contributed by atoms with van der Waals surface area (Å²) in [6, 6.07) is 39.1. The molecule has 0 N–H and O–H groups in total. The minimum Gasteiger partial charge on any atom is -0.744 e. The molecule has 0 spiro atoms. The fourth-order valence-corrected chi connectivity index (χ4v) is 9.75. The SMILES string of the molecule is C=C(C[P+](c1ccccc1)(c1ccccc1)c1ccccc1)C1=CCCCC1.Cc1ccc(S(=O)(=O)[O-])cc1. The van der Waals surface area contributed by atoms with Gasteiger partial charge >= 0.3 is 0 Å². The molecular formula is C34H35O3PS. The van der Waals surface area contributed by atoms with Crippen molar-refractivity contribution < 1.29 is 13.0 Å². The lowest BCUT2D eigenvalue weighted by molar-refractivity contribution is 0.463. The number of hydrogen-bond donors (Lipinski definition) is 0. The molecule has 39 heavy (non-hydrogen) atoms. The molecule has 200 valence electrons. The average Bonchev–Trinajstić information content (AvgIpc) is 2.98. The van der Waals surface area contributed by atoms with Crippen LogP contribution < -0.4 is 15.9 Å². The van der Waals surface area contributed by atoms with Gasteiger partial charge in [0.25, 0.3) is 0 Å². The van der Waals surface area contributed by atoms with E-state index in [0.29, 0.717) is 0 Å². The van der Waals surface area contributed by atoms with Crippen LogP contribution in [0.1, 0.15) is 31.2 Å². The zero-order valence-corrected chi connectivity index (χ0v) is 24.1. The van der Waals surface area contributed by atoms with Crippen molar-refractivity contribution in [1.29, 1.82) is 0 Å². The third kappa shape index (κ3) is 7.22. The van der Waals surface area contributed by atoms with Crippen LogP contribution in [0.2, 0.25) is 0 Å². The van der Waals surface area contributed by atoms with Gasteiger partial charge in [-0.25, -0.2) is 8.42 Å². The van der Waals surface area contributed by atoms with E-state index in [1.54, 1.807) is 12.1 Å². The van der Waals surface area contributed by atoms with Crippen LogP contribution in [0.4, 0.5) is 0 Å². The Balaban J connectivity index is 0.000000270. The Morgan fingerprint density at radius 1 is 0.744 bits per heavy atom. The summed E-state index contributed by atoms with van der Waals surface area (Å²) in [5.74, 6) is 0. The summed E-state index contributed by atoms with van der Waals surface area (Å²) in [6.07, 6.45) is 8.42. The molecule has 1 aliphatic carbocycles. The summed E-state index contributed by atoms with van der Waals surface area (Å²) in [5.41, 5.74) is 3.74. The van der Waals surface area contributed by atoms with E-state index in [1.807, 2.05) is 6.92 Å². The maximum Gasteiger partial charge on any atom is 0.124 e. The highest BCUT2D eigenvalue weighted by molar-refractivity contribution is 7.95. The lowest BCUT2D eigenvalue weighted by atomic mass is 9.95. The van der Waals surface area contributed by atoms with E-state index < -0.39 is 17.4 Å². The van der Waals surface area contributed by atoms with Crippen molar-refractivity contribution in [2.45, 2.75) is 37.5 Å². The summed E-state index contributed by atoms with van der Waals surface area (Å²) in [6.45, 7) is 6.42. The first-order valence-electron chi connectivity index (χ1n) is 13.3. The van der Waals surface area contributed by atoms with Gasteiger partial charge in [0.1, 0.15) is 33.3 Å². The molecule has 0 aromatic heterocycles. The van der Waals surface area contributed by atoms with E-state index >= 15 is 0 Å². The van der Waals surface area contributed by atoms with E-state index in [2.05, 4.69) is 104 Å². The number of aryl methyl sites for hydroxylation is 1. The average molecular weight is 555 g/mol. The maximum atomic E-state index is 10.4. The van der Waals surface area contributed by atoms with Gasteiger partial charge in [-0.05, 0) is 92.3 Å². The quantitative estimate of drug-likeness (QED) is 0.184. The molecule has 3 nitrogen and oxygen atoms in total. The monoisotopic (exact) mass is 554 g/mol. The first-order chi connectivity index (χ1) is 18.8. The second-order valence-electron chi connectivity index (χ2n) is 9.82. The first-order valence-corrected chi connectivity index (χ1v) is 16.6. The highest BCUT2D eigenvalue weighted by atomic mass is 32.2. The Kier molecular flexibility index (Phi) is 9.69. The van der Waals surface area contributed by atoms with Crippen LogP contribution in [-0.2, 0) is 10.1 Å². The van der Waals surface area contributed by atoms with Gasteiger partial charge in [0, 0.05) is 0 Å². The van der Waals surface area contributed by atoms with E-state index in [0.717, 1.165) is 11.7 Å². The minimum absolute atomic E-state index is 0.178. The van der Waals surface area contributed by atoms with Gasteiger partial charge in [-0.2, -0.15) is 0 Å². The van der Waals surface area contributed by atoms with Crippen molar-refractivity contribution in [3.05, 3.63) is 145 Å². The summed E-state index contributed by atoms with van der Waals surface area (Å²) in [5, 5.41) is 4.31. The molecule has 4 aromatic carbocycles. The van der Waals surface area contributed by atoms with Gasteiger partial charge in [-0.1, -0.05) is 84.9 Å². The normalized spacial score (nSPS) is 13.5. The van der Waals surface area contributed by atoms with Crippen molar-refractivity contribution in [2.24, 2.45) is 0 Å². The Hall–Kier alpha value is -3.30. The molecule has 0 fully saturated rings. The molecule has 5 heteroatoms. The number of hydrogen-bond acceptors (Lipinski definition) is 3. The van der Waals surface area contributed by atoms with Gasteiger partial charge in [-0.3, -0.25) is 0 Å². The Morgan fingerprint density at radius 3 is 1.59 bits per heavy atom. The third-order valence-electron chi connectivity index (χ3n) is 7.07. The van der Waals surface area contributed by atoms with Crippen molar-refractivity contribution in [1.82, 2.24) is 0 Å². The van der Waals surface area contributed by atoms with Crippen LogP contribution in [0, 0.1) is 6.92 Å². The van der Waals surface area contributed by atoms with Gasteiger partial charge in [0.15, 0.2) is 0 Å². The van der Waals surface area contributed by atoms with Gasteiger partial charge in [0.2, 0.25) is 0 Å². The Labute approximate surface area is 234 Å². The van der Waals surface area contributed by atoms with Crippen molar-refractivity contribution in [2.75, 3.05) is 6.16 Å². The third-order valence-corrected chi connectivity index (χ3v) is 12.3. The molecule has 0 saturated heterocycles. The molecule has 0 amide bonds. The fraction of sp³-hybridized carbons (Fsp3) is 0.176. The largest absolute Gasteiger partial charge is 0.744 e. The van der Waals surface area contributed by atoms with Crippen LogP contribution in [0.25, 0.3) is 0 Å². The molecular weight excluding hydrogens is 519 g/mol. The Morgan fingerprint density at radius 2 is 1.21 bits per heavy atom. The number of allylic oxidation sites excluding steroid dienone is 3. The molecule has 0 saturated carbocycles. The lowest BCUT2D eigenvalue weighted by Gasteiger charge is -2.29. The van der Waals surface area contributed by atoms with Crippen molar-refractivity contribution in [3.63, 3.8) is 0 Å². The molecule has 4 aromatic rings. The summed E-state index contributed by atoms with van der Waals surface area (Å²) in [7, 11) is -6.09. The molecule has 1 aliphatic rings. The van der Waals surface area contributed by atoms with E-state index in [9.17, 15) is 13.0 Å². The fourth-order valence-electron chi connectivity index (χ4n) is 5.02. The van der Waals surface area contributed by atoms with E-state index in [-0.39, 0.29) is 4.90 Å². The molecule has 0 heterocycles. The van der Waals surface area contributed by atoms with Gasteiger partial charge in [-0.15, -0.1) is 0 Å². The molecule has 5 rings (SSSR count). The van der Waals surface area contributed by atoms with Crippen LogP contribution in [0.3, 0.4) is 0 Å².